The van der Waals surface area contributed by atoms with E-state index in [1.54, 1.807) is 19.2 Å². The van der Waals surface area contributed by atoms with E-state index in [4.69, 9.17) is 9.47 Å². The maximum atomic E-state index is 9.26. The number of aromatic hydroxyl groups is 1. The van der Waals surface area contributed by atoms with Crippen LogP contribution in [0.3, 0.4) is 0 Å². The third kappa shape index (κ3) is 3.35. The van der Waals surface area contributed by atoms with Gasteiger partial charge in [0.05, 0.1) is 13.7 Å². The van der Waals surface area contributed by atoms with Gasteiger partial charge < -0.3 is 19.9 Å². The lowest BCUT2D eigenvalue weighted by Crippen LogP contribution is -2.04. The molecule has 0 radical (unpaired) electrons. The first-order valence-electron chi connectivity index (χ1n) is 6.56. The Hall–Kier alpha value is -2.36. The molecule has 0 spiro atoms. The number of rotatable bonds is 6. The number of ether oxygens (including phenoxy) is 2. The zero-order valence-corrected chi connectivity index (χ0v) is 11.7. The lowest BCUT2D eigenvalue weighted by molar-refractivity contribution is 0.308. The van der Waals surface area contributed by atoms with E-state index < -0.39 is 0 Å². The quantitative estimate of drug-likeness (QED) is 0.792. The van der Waals surface area contributed by atoms with E-state index in [-0.39, 0.29) is 5.75 Å². The largest absolute Gasteiger partial charge is 0.508 e. The zero-order chi connectivity index (χ0) is 14.4. The maximum Gasteiger partial charge on any atom is 0.166 e. The number of benzene rings is 2. The summed E-state index contributed by atoms with van der Waals surface area (Å²) in [6.07, 6.45) is 0. The number of hydrogen-bond acceptors (Lipinski definition) is 4. The van der Waals surface area contributed by atoms with Crippen molar-refractivity contribution in [3.8, 4) is 17.2 Å². The van der Waals surface area contributed by atoms with Gasteiger partial charge in [-0.25, -0.2) is 0 Å². The number of phenols is 1. The van der Waals surface area contributed by atoms with Gasteiger partial charge in [0.1, 0.15) is 5.75 Å². The van der Waals surface area contributed by atoms with Crippen LogP contribution in [0.15, 0.2) is 42.5 Å². The van der Waals surface area contributed by atoms with Crippen LogP contribution in [-0.4, -0.2) is 18.8 Å². The molecule has 0 heterocycles. The van der Waals surface area contributed by atoms with Crippen molar-refractivity contribution in [2.75, 3.05) is 19.0 Å². The molecule has 2 aromatic carbocycles. The van der Waals surface area contributed by atoms with Gasteiger partial charge in [-0.05, 0) is 37.3 Å². The minimum Gasteiger partial charge on any atom is -0.508 e. The SMILES string of the molecule is CCOc1c(CNc2ccc(O)cc2)cccc1OC. The van der Waals surface area contributed by atoms with Crippen LogP contribution in [-0.2, 0) is 6.54 Å². The van der Waals surface area contributed by atoms with Crippen LogP contribution in [0.2, 0.25) is 0 Å². The lowest BCUT2D eigenvalue weighted by Gasteiger charge is -2.15. The Bertz CT molecular complexity index is 552. The summed E-state index contributed by atoms with van der Waals surface area (Å²) in [5.41, 5.74) is 1.97. The van der Waals surface area contributed by atoms with Gasteiger partial charge in [-0.2, -0.15) is 0 Å². The molecular weight excluding hydrogens is 254 g/mol. The molecule has 4 nitrogen and oxygen atoms in total. The summed E-state index contributed by atoms with van der Waals surface area (Å²) in [7, 11) is 1.63. The van der Waals surface area contributed by atoms with Gasteiger partial charge in [-0.1, -0.05) is 12.1 Å². The summed E-state index contributed by atoms with van der Waals surface area (Å²) in [6.45, 7) is 3.16. The average molecular weight is 273 g/mol. The second-order valence-corrected chi connectivity index (χ2v) is 4.28. The molecule has 2 rings (SSSR count). The standard InChI is InChI=1S/C16H19NO3/c1-3-20-16-12(5-4-6-15(16)19-2)11-17-13-7-9-14(18)10-8-13/h4-10,17-18H,3,11H2,1-2H3. The second-order valence-electron chi connectivity index (χ2n) is 4.28. The van der Waals surface area contributed by atoms with E-state index in [1.807, 2.05) is 37.3 Å². The van der Waals surface area contributed by atoms with Crippen LogP contribution >= 0.6 is 0 Å². The fourth-order valence-corrected chi connectivity index (χ4v) is 1.95. The lowest BCUT2D eigenvalue weighted by atomic mass is 10.1. The molecule has 2 aromatic rings. The highest BCUT2D eigenvalue weighted by Crippen LogP contribution is 2.31. The van der Waals surface area contributed by atoms with Gasteiger partial charge in [0.15, 0.2) is 11.5 Å². The third-order valence-corrected chi connectivity index (χ3v) is 2.92. The number of nitrogens with one attached hydrogen (secondary N) is 1. The highest BCUT2D eigenvalue weighted by molar-refractivity contribution is 5.51. The van der Waals surface area contributed by atoms with Crippen molar-refractivity contribution in [2.24, 2.45) is 0 Å². The average Bonchev–Trinajstić information content (AvgIpc) is 2.48. The third-order valence-electron chi connectivity index (χ3n) is 2.92. The summed E-state index contributed by atoms with van der Waals surface area (Å²) >= 11 is 0. The molecule has 106 valence electrons. The molecule has 0 saturated heterocycles. The Morgan fingerprint density at radius 1 is 1.10 bits per heavy atom. The number of methoxy groups -OCH3 is 1. The van der Waals surface area contributed by atoms with E-state index in [9.17, 15) is 5.11 Å². The molecular formula is C16H19NO3. The predicted molar refractivity (Wildman–Crippen MR) is 79.6 cm³/mol. The second kappa shape index (κ2) is 6.70. The molecule has 0 aliphatic rings. The summed E-state index contributed by atoms with van der Waals surface area (Å²) in [6, 6.07) is 12.8. The summed E-state index contributed by atoms with van der Waals surface area (Å²) in [4.78, 5) is 0. The van der Waals surface area contributed by atoms with Crippen molar-refractivity contribution in [3.63, 3.8) is 0 Å². The molecule has 0 fully saturated rings. The van der Waals surface area contributed by atoms with E-state index in [0.29, 0.717) is 13.2 Å². The predicted octanol–water partition coefficient (Wildman–Crippen LogP) is 3.41. The number of phenolic OH excluding ortho intramolecular Hbond substituents is 1. The van der Waals surface area contributed by atoms with Crippen molar-refractivity contribution in [3.05, 3.63) is 48.0 Å². The molecule has 20 heavy (non-hydrogen) atoms. The first-order valence-corrected chi connectivity index (χ1v) is 6.56. The Kier molecular flexibility index (Phi) is 4.71. The Morgan fingerprint density at radius 3 is 2.50 bits per heavy atom. The molecule has 0 aliphatic heterocycles. The fraction of sp³-hybridized carbons (Fsp3) is 0.250. The maximum absolute atomic E-state index is 9.26. The molecule has 0 aromatic heterocycles. The van der Waals surface area contributed by atoms with Gasteiger partial charge in [-0.3, -0.25) is 0 Å². The first-order chi connectivity index (χ1) is 9.74. The van der Waals surface area contributed by atoms with Crippen molar-refractivity contribution >= 4 is 5.69 Å². The smallest absolute Gasteiger partial charge is 0.166 e. The van der Waals surface area contributed by atoms with Crippen LogP contribution in [0.4, 0.5) is 5.69 Å². The minimum atomic E-state index is 0.256. The van der Waals surface area contributed by atoms with Crippen LogP contribution < -0.4 is 14.8 Å². The minimum absolute atomic E-state index is 0.256. The van der Waals surface area contributed by atoms with E-state index in [0.717, 1.165) is 22.7 Å². The summed E-state index contributed by atoms with van der Waals surface area (Å²) in [5, 5.41) is 12.6. The van der Waals surface area contributed by atoms with Crippen LogP contribution in [0.1, 0.15) is 12.5 Å². The van der Waals surface area contributed by atoms with Gasteiger partial charge in [-0.15, -0.1) is 0 Å². The number of para-hydroxylation sites is 1. The molecule has 0 saturated carbocycles. The summed E-state index contributed by atoms with van der Waals surface area (Å²) in [5.74, 6) is 1.76. The van der Waals surface area contributed by atoms with Gasteiger partial charge in [0, 0.05) is 17.8 Å². The Balaban J connectivity index is 2.14. The van der Waals surface area contributed by atoms with Crippen LogP contribution in [0.5, 0.6) is 17.2 Å². The first kappa shape index (κ1) is 14.1. The zero-order valence-electron chi connectivity index (χ0n) is 11.7. The van der Waals surface area contributed by atoms with Crippen molar-refractivity contribution < 1.29 is 14.6 Å². The van der Waals surface area contributed by atoms with Crippen LogP contribution in [0, 0.1) is 0 Å². The van der Waals surface area contributed by atoms with Gasteiger partial charge in [0.2, 0.25) is 0 Å². The van der Waals surface area contributed by atoms with Gasteiger partial charge >= 0.3 is 0 Å². The van der Waals surface area contributed by atoms with E-state index >= 15 is 0 Å². The van der Waals surface area contributed by atoms with Crippen molar-refractivity contribution in [1.29, 1.82) is 0 Å². The highest BCUT2D eigenvalue weighted by Gasteiger charge is 2.09. The van der Waals surface area contributed by atoms with E-state index in [2.05, 4.69) is 5.32 Å². The molecule has 0 amide bonds. The molecule has 0 unspecified atom stereocenters. The molecule has 0 atom stereocenters. The van der Waals surface area contributed by atoms with Crippen molar-refractivity contribution in [2.45, 2.75) is 13.5 Å². The molecule has 0 aliphatic carbocycles. The Morgan fingerprint density at radius 2 is 1.85 bits per heavy atom. The number of anilines is 1. The highest BCUT2D eigenvalue weighted by atomic mass is 16.5. The van der Waals surface area contributed by atoms with Crippen LogP contribution in [0.25, 0.3) is 0 Å². The Labute approximate surface area is 119 Å². The molecule has 4 heteroatoms. The monoisotopic (exact) mass is 273 g/mol. The normalized spacial score (nSPS) is 10.1. The molecule has 0 bridgehead atoms. The van der Waals surface area contributed by atoms with Gasteiger partial charge in [0.25, 0.3) is 0 Å². The van der Waals surface area contributed by atoms with Crippen molar-refractivity contribution in [1.82, 2.24) is 0 Å². The summed E-state index contributed by atoms with van der Waals surface area (Å²) < 4.78 is 11.0. The number of hydrogen-bond donors (Lipinski definition) is 2. The topological polar surface area (TPSA) is 50.7 Å². The molecule has 2 N–H and O–H groups in total. The fourth-order valence-electron chi connectivity index (χ4n) is 1.95. The van der Waals surface area contributed by atoms with E-state index in [1.165, 1.54) is 0 Å².